The molecule has 1 aliphatic rings. The normalized spacial score (nSPS) is 22.0. The van der Waals surface area contributed by atoms with Gasteiger partial charge in [0.1, 0.15) is 0 Å². The van der Waals surface area contributed by atoms with Crippen molar-refractivity contribution in [1.82, 2.24) is 4.98 Å². The summed E-state index contributed by atoms with van der Waals surface area (Å²) < 4.78 is 0. The van der Waals surface area contributed by atoms with Crippen LogP contribution in [0.25, 0.3) is 22.0 Å². The Hall–Kier alpha value is -2.76. The van der Waals surface area contributed by atoms with Crippen LogP contribution < -0.4 is 11.1 Å². The molecule has 3 aromatic rings. The van der Waals surface area contributed by atoms with Crippen molar-refractivity contribution in [2.24, 2.45) is 11.1 Å². The first-order valence-corrected chi connectivity index (χ1v) is 8.75. The Morgan fingerprint density at radius 1 is 1.15 bits per heavy atom. The van der Waals surface area contributed by atoms with Crippen LogP contribution in [0.3, 0.4) is 0 Å². The fourth-order valence-corrected chi connectivity index (χ4v) is 3.63. The number of para-hydroxylation sites is 1. The summed E-state index contributed by atoms with van der Waals surface area (Å²) in [4.78, 5) is 16.9. The number of rotatable bonds is 4. The van der Waals surface area contributed by atoms with Gasteiger partial charge in [0.05, 0.1) is 17.0 Å². The third-order valence-corrected chi connectivity index (χ3v) is 5.23. The number of aromatic nitrogens is 1. The molecule has 0 spiro atoms. The summed E-state index contributed by atoms with van der Waals surface area (Å²) >= 11 is 0. The highest BCUT2D eigenvalue weighted by molar-refractivity contribution is 5.97. The van der Waals surface area contributed by atoms with Crippen LogP contribution in [0, 0.1) is 5.41 Å². The quantitative estimate of drug-likeness (QED) is 0.677. The molecule has 4 N–H and O–H groups in total. The summed E-state index contributed by atoms with van der Waals surface area (Å²) in [6.45, 7) is 0.247. The molecular formula is C21H21N3O2. The molecule has 1 fully saturated rings. The summed E-state index contributed by atoms with van der Waals surface area (Å²) in [6, 6.07) is 17.8. The van der Waals surface area contributed by atoms with E-state index in [4.69, 9.17) is 5.73 Å². The van der Waals surface area contributed by atoms with Crippen molar-refractivity contribution in [2.75, 3.05) is 11.9 Å². The molecule has 0 aliphatic heterocycles. The highest BCUT2D eigenvalue weighted by Gasteiger charge is 2.48. The molecule has 26 heavy (non-hydrogen) atoms. The summed E-state index contributed by atoms with van der Waals surface area (Å²) in [7, 11) is 0. The summed E-state index contributed by atoms with van der Waals surface area (Å²) in [5.74, 6) is -0.118. The van der Waals surface area contributed by atoms with E-state index in [1.54, 1.807) is 6.20 Å². The fraction of sp³-hybridized carbons (Fsp3) is 0.238. The second kappa shape index (κ2) is 6.52. The number of carbonyl (C=O) groups is 1. The van der Waals surface area contributed by atoms with Crippen LogP contribution in [0.15, 0.2) is 60.8 Å². The topological polar surface area (TPSA) is 88.2 Å². The molecule has 4 rings (SSSR count). The minimum Gasteiger partial charge on any atom is -0.393 e. The van der Waals surface area contributed by atoms with Crippen molar-refractivity contribution in [3.8, 4) is 11.1 Å². The van der Waals surface area contributed by atoms with Gasteiger partial charge in [0.2, 0.25) is 5.91 Å². The molecule has 1 aliphatic carbocycles. The number of carbonyl (C=O) groups excluding carboxylic acids is 1. The zero-order valence-corrected chi connectivity index (χ0v) is 14.4. The largest absolute Gasteiger partial charge is 0.393 e. The van der Waals surface area contributed by atoms with E-state index in [0.29, 0.717) is 12.8 Å². The lowest BCUT2D eigenvalue weighted by Gasteiger charge is -2.42. The third kappa shape index (κ3) is 2.85. The molecule has 0 radical (unpaired) electrons. The van der Waals surface area contributed by atoms with E-state index in [0.717, 1.165) is 27.7 Å². The van der Waals surface area contributed by atoms with Gasteiger partial charge in [0, 0.05) is 23.8 Å². The number of anilines is 1. The maximum Gasteiger partial charge on any atom is 0.232 e. The molecule has 132 valence electrons. The van der Waals surface area contributed by atoms with Crippen LogP contribution in [0.2, 0.25) is 0 Å². The highest BCUT2D eigenvalue weighted by Crippen LogP contribution is 2.41. The number of hydrogen-bond donors (Lipinski definition) is 3. The van der Waals surface area contributed by atoms with Crippen LogP contribution in [-0.4, -0.2) is 28.6 Å². The first-order chi connectivity index (χ1) is 12.6. The van der Waals surface area contributed by atoms with E-state index in [1.807, 2.05) is 48.5 Å². The zero-order valence-electron chi connectivity index (χ0n) is 14.4. The maximum absolute atomic E-state index is 12.5. The van der Waals surface area contributed by atoms with E-state index >= 15 is 0 Å². The van der Waals surface area contributed by atoms with Gasteiger partial charge in [-0.1, -0.05) is 30.3 Å². The average molecular weight is 347 g/mol. The van der Waals surface area contributed by atoms with Gasteiger partial charge in [-0.2, -0.15) is 0 Å². The Morgan fingerprint density at radius 2 is 1.88 bits per heavy atom. The second-order valence-corrected chi connectivity index (χ2v) is 6.95. The number of amides is 1. The van der Waals surface area contributed by atoms with E-state index in [-0.39, 0.29) is 12.5 Å². The molecule has 0 bridgehead atoms. The molecule has 1 saturated carbocycles. The minimum atomic E-state index is -0.639. The van der Waals surface area contributed by atoms with E-state index in [2.05, 4.69) is 16.4 Å². The fourth-order valence-electron chi connectivity index (χ4n) is 3.63. The molecule has 2 aromatic carbocycles. The van der Waals surface area contributed by atoms with Gasteiger partial charge < -0.3 is 16.2 Å². The number of nitrogens with two attached hydrogens (primary N) is 1. The van der Waals surface area contributed by atoms with Crippen molar-refractivity contribution in [1.29, 1.82) is 0 Å². The Morgan fingerprint density at radius 3 is 2.58 bits per heavy atom. The average Bonchev–Trinajstić information content (AvgIpc) is 2.65. The van der Waals surface area contributed by atoms with Crippen LogP contribution in [0.4, 0.5) is 5.69 Å². The van der Waals surface area contributed by atoms with E-state index in [1.165, 1.54) is 0 Å². The molecule has 1 heterocycles. The highest BCUT2D eigenvalue weighted by atomic mass is 16.3. The smallest absolute Gasteiger partial charge is 0.232 e. The maximum atomic E-state index is 12.5. The van der Waals surface area contributed by atoms with Gasteiger partial charge >= 0.3 is 0 Å². The Bertz CT molecular complexity index is 942. The van der Waals surface area contributed by atoms with Gasteiger partial charge in [-0.3, -0.25) is 9.78 Å². The number of aliphatic hydroxyl groups excluding tert-OH is 1. The summed E-state index contributed by atoms with van der Waals surface area (Å²) in [5, 5.41) is 13.6. The molecule has 0 atom stereocenters. The van der Waals surface area contributed by atoms with Crippen molar-refractivity contribution in [3.05, 3.63) is 60.8 Å². The lowest BCUT2D eigenvalue weighted by atomic mass is 9.66. The van der Waals surface area contributed by atoms with Crippen molar-refractivity contribution in [3.63, 3.8) is 0 Å². The van der Waals surface area contributed by atoms with E-state index in [9.17, 15) is 9.90 Å². The van der Waals surface area contributed by atoms with Crippen LogP contribution >= 0.6 is 0 Å². The second-order valence-electron chi connectivity index (χ2n) is 6.95. The monoisotopic (exact) mass is 347 g/mol. The number of nitrogens with one attached hydrogen (secondary N) is 1. The van der Waals surface area contributed by atoms with Gasteiger partial charge in [-0.05, 0) is 48.2 Å². The number of benzene rings is 2. The van der Waals surface area contributed by atoms with Gasteiger partial charge in [0.15, 0.2) is 0 Å². The van der Waals surface area contributed by atoms with Crippen LogP contribution in [0.1, 0.15) is 12.8 Å². The lowest BCUT2D eigenvalue weighted by Crippen LogP contribution is -2.53. The molecule has 0 unspecified atom stereocenters. The van der Waals surface area contributed by atoms with Crippen molar-refractivity contribution in [2.45, 2.75) is 18.9 Å². The standard InChI is InChI=1S/C21H21N3O2/c22-13-21(11-16(25)12-21)20(26)24-15-7-5-14(6-8-15)17-9-10-23-19-4-2-1-3-18(17)19/h1-10,16,25H,11-13,22H2,(H,24,26). The molecule has 1 amide bonds. The molecule has 5 nitrogen and oxygen atoms in total. The minimum absolute atomic E-state index is 0.118. The SMILES string of the molecule is NCC1(C(=O)Nc2ccc(-c3ccnc4ccccc34)cc2)CC(O)C1. The molecule has 1 aromatic heterocycles. The van der Waals surface area contributed by atoms with Gasteiger partial charge in [-0.15, -0.1) is 0 Å². The van der Waals surface area contributed by atoms with Crippen LogP contribution in [0.5, 0.6) is 0 Å². The van der Waals surface area contributed by atoms with Crippen LogP contribution in [-0.2, 0) is 4.79 Å². The van der Waals surface area contributed by atoms with Gasteiger partial charge in [0.25, 0.3) is 0 Å². The number of aliphatic hydroxyl groups is 1. The van der Waals surface area contributed by atoms with Crippen molar-refractivity contribution < 1.29 is 9.90 Å². The number of hydrogen-bond acceptors (Lipinski definition) is 4. The van der Waals surface area contributed by atoms with Gasteiger partial charge in [-0.25, -0.2) is 0 Å². The molecular weight excluding hydrogens is 326 g/mol. The summed E-state index contributed by atoms with van der Waals surface area (Å²) in [6.07, 6.45) is 2.24. The Kier molecular flexibility index (Phi) is 4.18. The van der Waals surface area contributed by atoms with E-state index < -0.39 is 11.5 Å². The Balaban J connectivity index is 1.56. The number of pyridine rings is 1. The first-order valence-electron chi connectivity index (χ1n) is 8.75. The number of fused-ring (bicyclic) bond motifs is 1. The van der Waals surface area contributed by atoms with Crippen molar-refractivity contribution >= 4 is 22.5 Å². The predicted octanol–water partition coefficient (Wildman–Crippen LogP) is 2.94. The summed E-state index contributed by atoms with van der Waals surface area (Å²) in [5.41, 5.74) is 8.97. The third-order valence-electron chi connectivity index (χ3n) is 5.23. The molecule has 0 saturated heterocycles. The molecule has 5 heteroatoms. The number of nitrogens with zero attached hydrogens (tertiary/aromatic N) is 1. The zero-order chi connectivity index (χ0) is 18.1. The first kappa shape index (κ1) is 16.7. The Labute approximate surface area is 151 Å². The lowest BCUT2D eigenvalue weighted by molar-refractivity contribution is -0.137. The predicted molar refractivity (Wildman–Crippen MR) is 103 cm³/mol.